The quantitative estimate of drug-likeness (QED) is 0.270. The maximum Gasteiger partial charge on any atom is 0.275 e. The molecule has 39 heavy (non-hydrogen) atoms. The molecule has 1 aliphatic carbocycles. The molecule has 1 aliphatic heterocycles. The van der Waals surface area contributed by atoms with Gasteiger partial charge in [0, 0.05) is 37.0 Å². The normalized spacial score (nSPS) is 24.3. The Morgan fingerprint density at radius 3 is 2.62 bits per heavy atom. The number of nitrogens with zero attached hydrogens (tertiary/aromatic N) is 2. The second kappa shape index (κ2) is 10.9. The number of rotatable bonds is 7. The number of piperidine rings is 1. The molecule has 208 valence electrons. The molecule has 3 aromatic rings. The zero-order valence-electron chi connectivity index (χ0n) is 21.4. The SMILES string of the molecule is COc1cc(F)c(-c2cc(CCl)c(N3CCC[C@@]4(NCc5ccccc5)C3CCC(F)(F)[C@@H]4O)cn2)cc1F. The van der Waals surface area contributed by atoms with Crippen LogP contribution in [0.3, 0.4) is 0 Å². The van der Waals surface area contributed by atoms with E-state index in [4.69, 9.17) is 16.3 Å². The van der Waals surface area contributed by atoms with E-state index >= 15 is 0 Å². The van der Waals surface area contributed by atoms with Crippen molar-refractivity contribution in [2.45, 2.75) is 61.7 Å². The van der Waals surface area contributed by atoms with Gasteiger partial charge in [-0.1, -0.05) is 30.3 Å². The van der Waals surface area contributed by atoms with Crippen LogP contribution in [0.2, 0.25) is 0 Å². The van der Waals surface area contributed by atoms with E-state index in [1.165, 1.54) is 13.3 Å². The fraction of sp³-hybridized carbons (Fsp3) is 0.414. The van der Waals surface area contributed by atoms with E-state index in [-0.39, 0.29) is 29.3 Å². The molecule has 0 spiro atoms. The fourth-order valence-electron chi connectivity index (χ4n) is 6.06. The number of hydrogen-bond donors (Lipinski definition) is 2. The average Bonchev–Trinajstić information content (AvgIpc) is 2.95. The van der Waals surface area contributed by atoms with Crippen LogP contribution in [0.25, 0.3) is 11.3 Å². The minimum Gasteiger partial charge on any atom is -0.494 e. The number of nitrogens with one attached hydrogen (secondary N) is 1. The lowest BCUT2D eigenvalue weighted by Crippen LogP contribution is -2.75. The molecule has 2 N–H and O–H groups in total. The Morgan fingerprint density at radius 1 is 1.13 bits per heavy atom. The van der Waals surface area contributed by atoms with Crippen molar-refractivity contribution in [3.63, 3.8) is 0 Å². The van der Waals surface area contributed by atoms with Crippen molar-refractivity contribution >= 4 is 17.3 Å². The molecule has 1 unspecified atom stereocenters. The Bertz CT molecular complexity index is 1330. The van der Waals surface area contributed by atoms with Crippen LogP contribution >= 0.6 is 11.6 Å². The highest BCUT2D eigenvalue weighted by Gasteiger charge is 2.61. The molecule has 0 amide bonds. The topological polar surface area (TPSA) is 57.6 Å². The van der Waals surface area contributed by atoms with Gasteiger partial charge in [-0.25, -0.2) is 17.6 Å². The molecule has 5 nitrogen and oxygen atoms in total. The number of halogens is 5. The third-order valence-electron chi connectivity index (χ3n) is 8.00. The fourth-order valence-corrected chi connectivity index (χ4v) is 6.27. The highest BCUT2D eigenvalue weighted by molar-refractivity contribution is 6.17. The largest absolute Gasteiger partial charge is 0.494 e. The summed E-state index contributed by atoms with van der Waals surface area (Å²) in [6.45, 7) is 0.869. The molecule has 10 heteroatoms. The molecular weight excluding hydrogens is 534 g/mol. The molecule has 5 rings (SSSR count). The first-order valence-corrected chi connectivity index (χ1v) is 13.4. The van der Waals surface area contributed by atoms with Crippen molar-refractivity contribution in [2.75, 3.05) is 18.6 Å². The van der Waals surface area contributed by atoms with Crippen LogP contribution in [-0.4, -0.2) is 47.4 Å². The molecule has 1 saturated heterocycles. The molecule has 2 aromatic carbocycles. The van der Waals surface area contributed by atoms with E-state index in [1.54, 1.807) is 6.07 Å². The first-order chi connectivity index (χ1) is 18.7. The number of ether oxygens (including phenoxy) is 1. The number of methoxy groups -OCH3 is 1. The minimum absolute atomic E-state index is 0.0392. The molecule has 1 saturated carbocycles. The van der Waals surface area contributed by atoms with Gasteiger partial charge in [0.05, 0.1) is 36.3 Å². The molecule has 1 aromatic heterocycles. The van der Waals surface area contributed by atoms with Gasteiger partial charge in [0.2, 0.25) is 0 Å². The van der Waals surface area contributed by atoms with Gasteiger partial charge in [-0.2, -0.15) is 0 Å². The highest BCUT2D eigenvalue weighted by atomic mass is 35.5. The summed E-state index contributed by atoms with van der Waals surface area (Å²) in [5.41, 5.74) is 1.01. The number of anilines is 1. The van der Waals surface area contributed by atoms with Crippen molar-refractivity contribution in [3.8, 4) is 17.0 Å². The number of pyridine rings is 1. The Morgan fingerprint density at radius 2 is 1.90 bits per heavy atom. The predicted octanol–water partition coefficient (Wildman–Crippen LogP) is 6.06. The lowest BCUT2D eigenvalue weighted by Gasteiger charge is -2.57. The van der Waals surface area contributed by atoms with Crippen molar-refractivity contribution in [3.05, 3.63) is 77.5 Å². The summed E-state index contributed by atoms with van der Waals surface area (Å²) in [6, 6.07) is 12.6. The second-order valence-electron chi connectivity index (χ2n) is 10.2. The average molecular weight is 564 g/mol. The molecular formula is C29H30ClF4N3O2. The van der Waals surface area contributed by atoms with Crippen LogP contribution < -0.4 is 15.0 Å². The highest BCUT2D eigenvalue weighted by Crippen LogP contribution is 2.48. The Labute approximate surface area is 229 Å². The molecule has 2 aliphatic rings. The third kappa shape index (κ3) is 5.08. The smallest absolute Gasteiger partial charge is 0.275 e. The standard InChI is InChI=1S/C29H30ClF4N3O2/c1-39-25-14-21(31)20(13-22(25)32)23-12-19(15-30)24(17-35-23)37-11-5-9-28(36-16-18-6-3-2-4-7-18)26(37)8-10-29(33,34)27(28)38/h2-4,6-7,12-14,17,26-27,36,38H,5,8-11,15-16H2,1H3/t26?,27-,28-/m1/s1. The van der Waals surface area contributed by atoms with E-state index in [1.807, 2.05) is 35.2 Å². The molecule has 0 bridgehead atoms. The number of alkyl halides is 3. The van der Waals surface area contributed by atoms with Gasteiger partial charge in [0.25, 0.3) is 5.92 Å². The van der Waals surface area contributed by atoms with Crippen LogP contribution in [0.4, 0.5) is 23.2 Å². The van der Waals surface area contributed by atoms with Crippen LogP contribution in [0, 0.1) is 11.6 Å². The van der Waals surface area contributed by atoms with Crippen LogP contribution in [0.5, 0.6) is 5.75 Å². The summed E-state index contributed by atoms with van der Waals surface area (Å²) >= 11 is 6.33. The van der Waals surface area contributed by atoms with Crippen molar-refractivity contribution in [1.29, 1.82) is 0 Å². The van der Waals surface area contributed by atoms with Gasteiger partial charge in [-0.3, -0.25) is 4.98 Å². The van der Waals surface area contributed by atoms with Gasteiger partial charge in [0.1, 0.15) is 11.9 Å². The minimum atomic E-state index is -3.24. The third-order valence-corrected chi connectivity index (χ3v) is 8.29. The van der Waals surface area contributed by atoms with Gasteiger partial charge in [0.15, 0.2) is 11.6 Å². The van der Waals surface area contributed by atoms with E-state index in [0.717, 1.165) is 17.7 Å². The van der Waals surface area contributed by atoms with E-state index < -0.39 is 41.7 Å². The number of aliphatic hydroxyl groups is 1. The molecule has 2 fully saturated rings. The Hall–Kier alpha value is -2.88. The predicted molar refractivity (Wildman–Crippen MR) is 142 cm³/mol. The van der Waals surface area contributed by atoms with Gasteiger partial charge in [-0.15, -0.1) is 11.6 Å². The van der Waals surface area contributed by atoms with Crippen LogP contribution in [0.1, 0.15) is 36.8 Å². The van der Waals surface area contributed by atoms with E-state index in [9.17, 15) is 22.7 Å². The summed E-state index contributed by atoms with van der Waals surface area (Å²) in [7, 11) is 1.25. The number of aliphatic hydroxyl groups excluding tert-OH is 1. The maximum absolute atomic E-state index is 15.0. The van der Waals surface area contributed by atoms with Gasteiger partial charge >= 0.3 is 0 Å². The first kappa shape index (κ1) is 27.7. The number of hydrogen-bond acceptors (Lipinski definition) is 5. The van der Waals surface area contributed by atoms with Gasteiger partial charge in [-0.05, 0) is 42.5 Å². The van der Waals surface area contributed by atoms with Crippen LogP contribution in [0.15, 0.2) is 54.7 Å². The summed E-state index contributed by atoms with van der Waals surface area (Å²) in [5, 5.41) is 14.4. The van der Waals surface area contributed by atoms with E-state index in [0.29, 0.717) is 37.2 Å². The van der Waals surface area contributed by atoms with Crippen LogP contribution in [-0.2, 0) is 12.4 Å². The zero-order chi connectivity index (χ0) is 27.8. The van der Waals surface area contributed by atoms with Crippen molar-refractivity contribution in [1.82, 2.24) is 10.3 Å². The number of fused-ring (bicyclic) bond motifs is 1. The number of aromatic nitrogens is 1. The summed E-state index contributed by atoms with van der Waals surface area (Å²) < 4.78 is 63.9. The Balaban J connectivity index is 1.51. The Kier molecular flexibility index (Phi) is 7.77. The zero-order valence-corrected chi connectivity index (χ0v) is 22.2. The summed E-state index contributed by atoms with van der Waals surface area (Å²) in [6.07, 6.45) is 0.248. The maximum atomic E-state index is 15.0. The van der Waals surface area contributed by atoms with Gasteiger partial charge < -0.3 is 20.1 Å². The lowest BCUT2D eigenvalue weighted by atomic mass is 9.67. The summed E-state index contributed by atoms with van der Waals surface area (Å²) in [4.78, 5) is 6.40. The number of benzene rings is 2. The lowest BCUT2D eigenvalue weighted by molar-refractivity contribution is -0.180. The molecule has 3 atom stereocenters. The molecule has 2 heterocycles. The second-order valence-corrected chi connectivity index (χ2v) is 10.5. The first-order valence-electron chi connectivity index (χ1n) is 12.9. The van der Waals surface area contributed by atoms with E-state index in [2.05, 4.69) is 10.3 Å². The monoisotopic (exact) mass is 563 g/mol. The summed E-state index contributed by atoms with van der Waals surface area (Å²) in [5.74, 6) is -4.84. The molecule has 0 radical (unpaired) electrons. The van der Waals surface area contributed by atoms with Crippen molar-refractivity contribution in [2.24, 2.45) is 0 Å². The van der Waals surface area contributed by atoms with Crippen molar-refractivity contribution < 1.29 is 27.4 Å².